The van der Waals surface area contributed by atoms with Crippen LogP contribution in [-0.4, -0.2) is 24.0 Å². The summed E-state index contributed by atoms with van der Waals surface area (Å²) >= 11 is 0. The van der Waals surface area contributed by atoms with Gasteiger partial charge in [0.15, 0.2) is 11.7 Å². The lowest BCUT2D eigenvalue weighted by atomic mass is 10.2. The predicted molar refractivity (Wildman–Crippen MR) is 104 cm³/mol. The molecule has 1 aromatic heterocycles. The number of carbonyl (C=O) groups is 1. The number of amides is 1. The molecule has 0 radical (unpaired) electrons. The molecule has 0 aliphatic heterocycles. The van der Waals surface area contributed by atoms with Gasteiger partial charge >= 0.3 is 0 Å². The Balaban J connectivity index is 1.27. The van der Waals surface area contributed by atoms with E-state index in [4.69, 9.17) is 9.15 Å². The number of hydrogen-bond acceptors (Lipinski definition) is 4. The molecule has 0 saturated carbocycles. The Bertz CT molecular complexity index is 863. The quantitative estimate of drug-likeness (QED) is 0.528. The van der Waals surface area contributed by atoms with Gasteiger partial charge in [0.2, 0.25) is 5.91 Å². The minimum Gasteiger partial charge on any atom is -0.494 e. The maximum atomic E-state index is 12.8. The van der Waals surface area contributed by atoms with Gasteiger partial charge in [0.25, 0.3) is 0 Å². The van der Waals surface area contributed by atoms with Crippen molar-refractivity contribution >= 4 is 5.91 Å². The topological polar surface area (TPSA) is 64.4 Å². The lowest BCUT2D eigenvalue weighted by molar-refractivity contribution is -0.121. The summed E-state index contributed by atoms with van der Waals surface area (Å²) in [5.74, 6) is 1.70. The number of aromatic nitrogens is 1. The molecule has 1 amide bonds. The third kappa shape index (κ3) is 6.23. The van der Waals surface area contributed by atoms with Gasteiger partial charge in [0.05, 0.1) is 12.8 Å². The van der Waals surface area contributed by atoms with E-state index in [9.17, 15) is 9.18 Å². The summed E-state index contributed by atoms with van der Waals surface area (Å²) in [7, 11) is 0. The van der Waals surface area contributed by atoms with E-state index in [0.29, 0.717) is 50.5 Å². The van der Waals surface area contributed by atoms with Gasteiger partial charge < -0.3 is 14.5 Å². The zero-order valence-corrected chi connectivity index (χ0v) is 15.6. The molecule has 1 N–H and O–H groups in total. The first kappa shape index (κ1) is 19.6. The molecule has 0 fully saturated rings. The highest BCUT2D eigenvalue weighted by Crippen LogP contribution is 2.20. The molecule has 5 nitrogen and oxygen atoms in total. The Morgan fingerprint density at radius 2 is 1.86 bits per heavy atom. The maximum absolute atomic E-state index is 12.8. The predicted octanol–water partition coefficient (Wildman–Crippen LogP) is 4.39. The second kappa shape index (κ2) is 10.3. The van der Waals surface area contributed by atoms with Crippen LogP contribution in [0.4, 0.5) is 4.39 Å². The second-order valence-corrected chi connectivity index (χ2v) is 6.34. The molecule has 0 saturated heterocycles. The summed E-state index contributed by atoms with van der Waals surface area (Å²) in [5, 5.41) is 2.87. The standard InChI is InChI=1S/C22H23FN2O3/c23-18-10-12-19(13-11-18)27-15-5-14-24-21(26)8-4-9-22-25-16-20(28-22)17-6-2-1-3-7-17/h1-3,6-7,10-13,16H,4-5,8-9,14-15H2,(H,24,26). The zero-order valence-electron chi connectivity index (χ0n) is 15.6. The largest absolute Gasteiger partial charge is 0.494 e. The number of rotatable bonds is 10. The van der Waals surface area contributed by atoms with E-state index in [1.165, 1.54) is 12.1 Å². The number of carbonyl (C=O) groups excluding carboxylic acids is 1. The van der Waals surface area contributed by atoms with Crippen LogP contribution < -0.4 is 10.1 Å². The number of halogens is 1. The van der Waals surface area contributed by atoms with E-state index in [2.05, 4.69) is 10.3 Å². The van der Waals surface area contributed by atoms with Crippen molar-refractivity contribution in [1.29, 1.82) is 0 Å². The van der Waals surface area contributed by atoms with Crippen LogP contribution in [0, 0.1) is 5.82 Å². The molecule has 28 heavy (non-hydrogen) atoms. The number of ether oxygens (including phenoxy) is 1. The van der Waals surface area contributed by atoms with Gasteiger partial charge in [-0.15, -0.1) is 0 Å². The fourth-order valence-corrected chi connectivity index (χ4v) is 2.67. The maximum Gasteiger partial charge on any atom is 0.220 e. The lowest BCUT2D eigenvalue weighted by Crippen LogP contribution is -2.25. The first-order chi connectivity index (χ1) is 13.7. The first-order valence-electron chi connectivity index (χ1n) is 9.36. The van der Waals surface area contributed by atoms with Crippen LogP contribution in [0.5, 0.6) is 5.75 Å². The van der Waals surface area contributed by atoms with Crippen molar-refractivity contribution in [3.8, 4) is 17.1 Å². The number of hydrogen-bond donors (Lipinski definition) is 1. The van der Waals surface area contributed by atoms with Crippen molar-refractivity contribution in [2.75, 3.05) is 13.2 Å². The van der Waals surface area contributed by atoms with Gasteiger partial charge in [-0.05, 0) is 37.1 Å². The van der Waals surface area contributed by atoms with Crippen molar-refractivity contribution in [3.05, 3.63) is 72.5 Å². The highest BCUT2D eigenvalue weighted by Gasteiger charge is 2.07. The average Bonchev–Trinajstić information content (AvgIpc) is 3.19. The Labute approximate surface area is 163 Å². The zero-order chi connectivity index (χ0) is 19.6. The van der Waals surface area contributed by atoms with E-state index in [-0.39, 0.29) is 11.7 Å². The van der Waals surface area contributed by atoms with Crippen molar-refractivity contribution in [3.63, 3.8) is 0 Å². The van der Waals surface area contributed by atoms with E-state index in [1.807, 2.05) is 30.3 Å². The number of benzene rings is 2. The van der Waals surface area contributed by atoms with Crippen LogP contribution in [0.2, 0.25) is 0 Å². The Hall–Kier alpha value is -3.15. The molecule has 3 aromatic rings. The summed E-state index contributed by atoms with van der Waals surface area (Å²) in [5.41, 5.74) is 0.988. The van der Waals surface area contributed by atoms with Crippen LogP contribution in [0.15, 0.2) is 65.2 Å². The Kier molecular flexibility index (Phi) is 7.18. The molecule has 0 spiro atoms. The molecular formula is C22H23FN2O3. The highest BCUT2D eigenvalue weighted by molar-refractivity contribution is 5.75. The van der Waals surface area contributed by atoms with E-state index < -0.39 is 0 Å². The molecule has 0 aliphatic rings. The van der Waals surface area contributed by atoms with Crippen molar-refractivity contribution in [2.45, 2.75) is 25.7 Å². The molecule has 0 aliphatic carbocycles. The molecule has 0 bridgehead atoms. The van der Waals surface area contributed by atoms with E-state index >= 15 is 0 Å². The summed E-state index contributed by atoms with van der Waals surface area (Å²) in [6, 6.07) is 15.7. The van der Waals surface area contributed by atoms with E-state index in [0.717, 1.165) is 11.3 Å². The van der Waals surface area contributed by atoms with Crippen molar-refractivity contribution in [2.24, 2.45) is 0 Å². The molecule has 0 unspecified atom stereocenters. The van der Waals surface area contributed by atoms with Crippen LogP contribution in [-0.2, 0) is 11.2 Å². The number of oxazole rings is 1. The van der Waals surface area contributed by atoms with Gasteiger partial charge in [0.1, 0.15) is 11.6 Å². The molecule has 1 heterocycles. The summed E-state index contributed by atoms with van der Waals surface area (Å²) in [4.78, 5) is 16.2. The molecule has 2 aromatic carbocycles. The minimum absolute atomic E-state index is 0.00313. The molecule has 6 heteroatoms. The second-order valence-electron chi connectivity index (χ2n) is 6.34. The highest BCUT2D eigenvalue weighted by atomic mass is 19.1. The molecular weight excluding hydrogens is 359 g/mol. The SMILES string of the molecule is O=C(CCCc1ncc(-c2ccccc2)o1)NCCCOc1ccc(F)cc1. The van der Waals surface area contributed by atoms with Gasteiger partial charge in [-0.2, -0.15) is 0 Å². The monoisotopic (exact) mass is 382 g/mol. The first-order valence-corrected chi connectivity index (χ1v) is 9.36. The Morgan fingerprint density at radius 3 is 2.64 bits per heavy atom. The van der Waals surface area contributed by atoms with Crippen LogP contribution in [0.3, 0.4) is 0 Å². The Morgan fingerprint density at radius 1 is 1.07 bits per heavy atom. The van der Waals surface area contributed by atoms with Gasteiger partial charge in [-0.3, -0.25) is 4.79 Å². The van der Waals surface area contributed by atoms with E-state index in [1.54, 1.807) is 18.3 Å². The number of nitrogens with zero attached hydrogens (tertiary/aromatic N) is 1. The van der Waals surface area contributed by atoms with Crippen molar-refractivity contribution < 1.29 is 18.3 Å². The third-order valence-electron chi connectivity index (χ3n) is 4.13. The molecule has 146 valence electrons. The van der Waals surface area contributed by atoms with Gasteiger partial charge in [-0.25, -0.2) is 9.37 Å². The minimum atomic E-state index is -0.291. The lowest BCUT2D eigenvalue weighted by Gasteiger charge is -2.07. The molecule has 3 rings (SSSR count). The van der Waals surface area contributed by atoms with Gasteiger partial charge in [-0.1, -0.05) is 30.3 Å². The van der Waals surface area contributed by atoms with Crippen molar-refractivity contribution in [1.82, 2.24) is 10.3 Å². The summed E-state index contributed by atoms with van der Waals surface area (Å²) in [6.07, 6.45) is 4.11. The van der Waals surface area contributed by atoms with Crippen LogP contribution in [0.25, 0.3) is 11.3 Å². The smallest absolute Gasteiger partial charge is 0.220 e. The molecule has 0 atom stereocenters. The number of aryl methyl sites for hydroxylation is 1. The summed E-state index contributed by atoms with van der Waals surface area (Å²) < 4.78 is 24.0. The van der Waals surface area contributed by atoms with Crippen LogP contribution in [0.1, 0.15) is 25.2 Å². The van der Waals surface area contributed by atoms with Gasteiger partial charge in [0, 0.05) is 24.9 Å². The number of nitrogens with one attached hydrogen (secondary N) is 1. The average molecular weight is 382 g/mol. The fraction of sp³-hybridized carbons (Fsp3) is 0.273. The fourth-order valence-electron chi connectivity index (χ4n) is 2.67. The van der Waals surface area contributed by atoms with Crippen LogP contribution >= 0.6 is 0 Å². The normalized spacial score (nSPS) is 10.6. The third-order valence-corrected chi connectivity index (χ3v) is 4.13. The summed E-state index contributed by atoms with van der Waals surface area (Å²) in [6.45, 7) is 1.00.